The highest BCUT2D eigenvalue weighted by atomic mass is 32.2. The van der Waals surface area contributed by atoms with Crippen LogP contribution in [-0.4, -0.2) is 68.1 Å². The quantitative estimate of drug-likeness (QED) is 0.429. The van der Waals surface area contributed by atoms with Crippen molar-refractivity contribution in [1.29, 1.82) is 0 Å². The van der Waals surface area contributed by atoms with Crippen molar-refractivity contribution >= 4 is 27.5 Å². The Morgan fingerprint density at radius 1 is 0.932 bits per heavy atom. The lowest BCUT2D eigenvalue weighted by molar-refractivity contribution is -0.137. The van der Waals surface area contributed by atoms with Gasteiger partial charge in [-0.3, -0.25) is 9.59 Å². The first kappa shape index (κ1) is 30.0. The number of amides is 2. The molecular weight excluding hydrogens is 580 g/mol. The number of sulfonamides is 1. The molecule has 0 saturated carbocycles. The Kier molecular flexibility index (Phi) is 7.79. The molecule has 1 N–H and O–H groups in total. The van der Waals surface area contributed by atoms with Gasteiger partial charge >= 0.3 is 0 Å². The van der Waals surface area contributed by atoms with Gasteiger partial charge in [0.1, 0.15) is 12.1 Å². The molecule has 2 amide bonds. The SMILES string of the molecule is CC(C)(C)c1ccc(S(=O)(=O)N2CCC3(CC2)C(=O)N(CC(=O)NCc2ccc4c(c2)OCO4)CN3c2ccccc2)cc1. The van der Waals surface area contributed by atoms with Crippen molar-refractivity contribution in [3.8, 4) is 11.5 Å². The Hall–Kier alpha value is -4.09. The van der Waals surface area contributed by atoms with Crippen molar-refractivity contribution in [3.05, 3.63) is 83.9 Å². The molecule has 2 saturated heterocycles. The number of benzene rings is 3. The second-order valence-corrected chi connectivity index (χ2v) is 14.5. The highest BCUT2D eigenvalue weighted by Gasteiger charge is 2.55. The number of anilines is 1. The van der Waals surface area contributed by atoms with E-state index in [9.17, 15) is 18.0 Å². The summed E-state index contributed by atoms with van der Waals surface area (Å²) < 4.78 is 39.4. The van der Waals surface area contributed by atoms with Gasteiger partial charge in [0.2, 0.25) is 28.6 Å². The molecule has 0 radical (unpaired) electrons. The summed E-state index contributed by atoms with van der Waals surface area (Å²) in [5.41, 5.74) is 1.75. The monoisotopic (exact) mass is 618 g/mol. The van der Waals surface area contributed by atoms with Crippen LogP contribution in [0.25, 0.3) is 0 Å². The Balaban J connectivity index is 1.16. The summed E-state index contributed by atoms with van der Waals surface area (Å²) in [6.07, 6.45) is 0.630. The topological polar surface area (TPSA) is 108 Å². The van der Waals surface area contributed by atoms with E-state index in [-0.39, 0.29) is 61.8 Å². The van der Waals surface area contributed by atoms with Crippen LogP contribution in [0.4, 0.5) is 5.69 Å². The third kappa shape index (κ3) is 5.61. The van der Waals surface area contributed by atoms with Gasteiger partial charge in [0.25, 0.3) is 0 Å². The van der Waals surface area contributed by atoms with Gasteiger partial charge < -0.3 is 24.6 Å². The second kappa shape index (κ2) is 11.4. The lowest BCUT2D eigenvalue weighted by atomic mass is 9.86. The molecule has 1 spiro atoms. The third-order valence-corrected chi connectivity index (χ3v) is 10.7. The largest absolute Gasteiger partial charge is 0.454 e. The second-order valence-electron chi connectivity index (χ2n) is 12.6. The molecule has 3 aliphatic heterocycles. The highest BCUT2D eigenvalue weighted by molar-refractivity contribution is 7.89. The normalized spacial score (nSPS) is 18.2. The number of hydrogen-bond donors (Lipinski definition) is 1. The molecule has 0 aromatic heterocycles. The maximum atomic E-state index is 14.1. The summed E-state index contributed by atoms with van der Waals surface area (Å²) in [5.74, 6) is 0.875. The Labute approximate surface area is 258 Å². The first-order chi connectivity index (χ1) is 21.0. The summed E-state index contributed by atoms with van der Waals surface area (Å²) in [5, 5.41) is 2.91. The van der Waals surface area contributed by atoms with Gasteiger partial charge in [0, 0.05) is 25.3 Å². The molecule has 10 nitrogen and oxygen atoms in total. The molecule has 3 aromatic carbocycles. The van der Waals surface area contributed by atoms with Crippen molar-refractivity contribution in [2.24, 2.45) is 0 Å². The number of rotatable bonds is 7. The fourth-order valence-corrected chi connectivity index (χ4v) is 7.62. The zero-order chi connectivity index (χ0) is 31.1. The van der Waals surface area contributed by atoms with Crippen LogP contribution >= 0.6 is 0 Å². The molecule has 0 unspecified atom stereocenters. The van der Waals surface area contributed by atoms with E-state index in [0.717, 1.165) is 16.8 Å². The van der Waals surface area contributed by atoms with Crippen LogP contribution in [0.15, 0.2) is 77.7 Å². The number of nitrogens with zero attached hydrogens (tertiary/aromatic N) is 3. The number of carbonyl (C=O) groups is 2. The summed E-state index contributed by atoms with van der Waals surface area (Å²) in [6, 6.07) is 22.2. The summed E-state index contributed by atoms with van der Waals surface area (Å²) in [4.78, 5) is 30.9. The fraction of sp³-hybridized carbons (Fsp3) is 0.394. The van der Waals surface area contributed by atoms with Crippen LogP contribution in [0.5, 0.6) is 11.5 Å². The minimum Gasteiger partial charge on any atom is -0.454 e. The van der Waals surface area contributed by atoms with E-state index in [1.54, 1.807) is 17.0 Å². The predicted molar refractivity (Wildman–Crippen MR) is 166 cm³/mol. The molecular formula is C33H38N4O6S. The van der Waals surface area contributed by atoms with Crippen molar-refractivity contribution in [2.75, 3.05) is 38.0 Å². The Bertz CT molecular complexity index is 1650. The third-order valence-electron chi connectivity index (χ3n) is 8.75. The summed E-state index contributed by atoms with van der Waals surface area (Å²) >= 11 is 0. The zero-order valence-corrected chi connectivity index (χ0v) is 26.1. The van der Waals surface area contributed by atoms with E-state index in [4.69, 9.17) is 9.47 Å². The molecule has 11 heteroatoms. The molecule has 3 aromatic rings. The molecule has 232 valence electrons. The molecule has 3 heterocycles. The van der Waals surface area contributed by atoms with Gasteiger partial charge in [-0.1, -0.05) is 57.2 Å². The Morgan fingerprint density at radius 3 is 2.30 bits per heavy atom. The van der Waals surface area contributed by atoms with E-state index >= 15 is 0 Å². The molecule has 6 rings (SSSR count). The van der Waals surface area contributed by atoms with Crippen molar-refractivity contribution < 1.29 is 27.5 Å². The number of piperidine rings is 1. The number of nitrogens with one attached hydrogen (secondary N) is 1. The maximum Gasteiger partial charge on any atom is 0.250 e. The zero-order valence-electron chi connectivity index (χ0n) is 25.3. The predicted octanol–water partition coefficient (Wildman–Crippen LogP) is 3.86. The van der Waals surface area contributed by atoms with Crippen LogP contribution in [-0.2, 0) is 31.6 Å². The maximum absolute atomic E-state index is 14.1. The molecule has 0 atom stereocenters. The van der Waals surface area contributed by atoms with E-state index in [2.05, 4.69) is 26.1 Å². The number of para-hydroxylation sites is 1. The Morgan fingerprint density at radius 2 is 1.61 bits per heavy atom. The van der Waals surface area contributed by atoms with Gasteiger partial charge in [-0.25, -0.2) is 8.42 Å². The van der Waals surface area contributed by atoms with Crippen LogP contribution in [0.2, 0.25) is 0 Å². The summed E-state index contributed by atoms with van der Waals surface area (Å²) in [6.45, 7) is 7.26. The summed E-state index contributed by atoms with van der Waals surface area (Å²) in [7, 11) is -3.73. The molecule has 44 heavy (non-hydrogen) atoms. The average molecular weight is 619 g/mol. The van der Waals surface area contributed by atoms with Gasteiger partial charge in [-0.05, 0) is 65.8 Å². The first-order valence-electron chi connectivity index (χ1n) is 14.9. The van der Waals surface area contributed by atoms with Gasteiger partial charge in [-0.15, -0.1) is 0 Å². The van der Waals surface area contributed by atoms with Crippen molar-refractivity contribution in [1.82, 2.24) is 14.5 Å². The van der Waals surface area contributed by atoms with Gasteiger partial charge in [-0.2, -0.15) is 4.31 Å². The van der Waals surface area contributed by atoms with Crippen LogP contribution in [0.3, 0.4) is 0 Å². The lowest BCUT2D eigenvalue weighted by Gasteiger charge is -2.42. The minimum atomic E-state index is -3.73. The number of carbonyl (C=O) groups excluding carboxylic acids is 2. The van der Waals surface area contributed by atoms with Crippen molar-refractivity contribution in [2.45, 2.75) is 56.0 Å². The number of fused-ring (bicyclic) bond motifs is 1. The first-order valence-corrected chi connectivity index (χ1v) is 16.3. The van der Waals surface area contributed by atoms with Crippen LogP contribution < -0.4 is 19.7 Å². The number of ether oxygens (including phenoxy) is 2. The highest BCUT2D eigenvalue weighted by Crippen LogP contribution is 2.40. The number of hydrogen-bond acceptors (Lipinski definition) is 7. The van der Waals surface area contributed by atoms with Gasteiger partial charge in [0.05, 0.1) is 11.6 Å². The van der Waals surface area contributed by atoms with E-state index in [0.29, 0.717) is 24.3 Å². The van der Waals surface area contributed by atoms with Crippen LogP contribution in [0, 0.1) is 0 Å². The smallest absolute Gasteiger partial charge is 0.250 e. The molecule has 0 aliphatic carbocycles. The average Bonchev–Trinajstić information content (AvgIpc) is 3.59. The van der Waals surface area contributed by atoms with E-state index in [1.807, 2.05) is 65.6 Å². The standard InChI is InChI=1S/C33H38N4O6S/c1-32(2,3)25-10-12-27(13-11-25)44(40,41)36-17-15-33(16-18-36)31(39)35(22-37(33)26-7-5-4-6-8-26)21-30(38)34-20-24-9-14-28-29(19-24)43-23-42-28/h4-14,19H,15-18,20-23H2,1-3H3,(H,34,38). The molecule has 0 bridgehead atoms. The van der Waals surface area contributed by atoms with Crippen molar-refractivity contribution in [3.63, 3.8) is 0 Å². The van der Waals surface area contributed by atoms with E-state index < -0.39 is 15.6 Å². The molecule has 3 aliphatic rings. The van der Waals surface area contributed by atoms with Gasteiger partial charge in [0.15, 0.2) is 11.5 Å². The van der Waals surface area contributed by atoms with E-state index in [1.165, 1.54) is 4.31 Å². The lowest BCUT2D eigenvalue weighted by Crippen LogP contribution is -2.57. The van der Waals surface area contributed by atoms with Crippen LogP contribution in [0.1, 0.15) is 44.7 Å². The minimum absolute atomic E-state index is 0.0851. The fourth-order valence-electron chi connectivity index (χ4n) is 6.18. The molecule has 2 fully saturated rings.